The van der Waals surface area contributed by atoms with Crippen molar-refractivity contribution in [3.63, 3.8) is 0 Å². The first-order chi connectivity index (χ1) is 16.4. The van der Waals surface area contributed by atoms with Crippen molar-refractivity contribution in [3.8, 4) is 0 Å². The van der Waals surface area contributed by atoms with E-state index in [4.69, 9.17) is 37.4 Å². The number of benzene rings is 2. The minimum absolute atomic E-state index is 0.0328. The quantitative estimate of drug-likeness (QED) is 0.271. The minimum Gasteiger partial charge on any atom is -0.467 e. The number of ether oxygens (including phenoxy) is 3. The highest BCUT2D eigenvalue weighted by Crippen LogP contribution is 2.25. The maximum Gasteiger partial charge on any atom is 0.328 e. The molecule has 0 aliphatic heterocycles. The number of hydrogen-bond acceptors (Lipinski definition) is 5. The molecule has 0 heterocycles. The predicted octanol–water partition coefficient (Wildman–Crippen LogP) is 5.87. The molecule has 0 saturated carbocycles. The van der Waals surface area contributed by atoms with E-state index in [2.05, 4.69) is 12.2 Å². The predicted molar refractivity (Wildman–Crippen MR) is 135 cm³/mol. The molecule has 2 aromatic rings. The summed E-state index contributed by atoms with van der Waals surface area (Å²) in [5.41, 5.74) is 2.18. The van der Waals surface area contributed by atoms with E-state index in [-0.39, 0.29) is 28.1 Å². The largest absolute Gasteiger partial charge is 0.467 e. The van der Waals surface area contributed by atoms with Gasteiger partial charge < -0.3 is 19.5 Å². The Morgan fingerprint density at radius 3 is 2.29 bits per heavy atom. The second-order valence-electron chi connectivity index (χ2n) is 7.56. The summed E-state index contributed by atoms with van der Waals surface area (Å²) in [6, 6.07) is 11.9. The smallest absolute Gasteiger partial charge is 0.328 e. The van der Waals surface area contributed by atoms with Gasteiger partial charge in [-0.1, -0.05) is 72.6 Å². The highest BCUT2D eigenvalue weighted by atomic mass is 35.5. The first-order valence-electron chi connectivity index (χ1n) is 11.1. The van der Waals surface area contributed by atoms with Gasteiger partial charge in [-0.3, -0.25) is 4.79 Å². The molecule has 2 rings (SSSR count). The van der Waals surface area contributed by atoms with E-state index in [0.29, 0.717) is 13.2 Å². The zero-order valence-corrected chi connectivity index (χ0v) is 21.2. The number of amides is 1. The highest BCUT2D eigenvalue weighted by molar-refractivity contribution is 6.39. The summed E-state index contributed by atoms with van der Waals surface area (Å²) in [6.45, 7) is 3.42. The van der Waals surface area contributed by atoms with E-state index in [1.54, 1.807) is 25.3 Å². The fourth-order valence-electron chi connectivity index (χ4n) is 3.34. The van der Waals surface area contributed by atoms with Crippen molar-refractivity contribution in [3.05, 3.63) is 75.3 Å². The van der Waals surface area contributed by atoms with Crippen LogP contribution in [0.4, 0.5) is 0 Å². The Balaban J connectivity index is 2.01. The summed E-state index contributed by atoms with van der Waals surface area (Å²) in [5, 5.41) is 3.06. The molecular weight excluding hydrogens is 477 g/mol. The summed E-state index contributed by atoms with van der Waals surface area (Å²) >= 11 is 12.2. The number of carbonyl (C=O) groups excluding carboxylic acids is 2. The lowest BCUT2D eigenvalue weighted by Gasteiger charge is -2.17. The Morgan fingerprint density at radius 1 is 1.03 bits per heavy atom. The van der Waals surface area contributed by atoms with Gasteiger partial charge >= 0.3 is 5.97 Å². The van der Waals surface area contributed by atoms with E-state index in [1.165, 1.54) is 7.11 Å². The Bertz CT molecular complexity index is 942. The zero-order valence-electron chi connectivity index (χ0n) is 19.7. The van der Waals surface area contributed by atoms with Crippen LogP contribution in [0, 0.1) is 0 Å². The standard InChI is InChI=1S/C26H31Cl2NO5/c1-4-23(34-17-7-16-32-2)19-14-12-18(13-15-19)8-5-11-22(26(31)33-3)29-25(30)24-20(27)9-6-10-21(24)28/h5-6,8-10,12-15,22-23H,4,7,11,16-17H2,1-3H3,(H,29,30)/b8-5+. The molecule has 6 nitrogen and oxygen atoms in total. The van der Waals surface area contributed by atoms with E-state index < -0.39 is 17.9 Å². The van der Waals surface area contributed by atoms with Crippen LogP contribution in [0.1, 0.15) is 53.8 Å². The lowest BCUT2D eigenvalue weighted by molar-refractivity contribution is -0.142. The van der Waals surface area contributed by atoms with Gasteiger partial charge in [0.1, 0.15) is 6.04 Å². The maximum absolute atomic E-state index is 12.7. The molecule has 2 aromatic carbocycles. The van der Waals surface area contributed by atoms with Crippen LogP contribution in [0.2, 0.25) is 10.0 Å². The van der Waals surface area contributed by atoms with Crippen molar-refractivity contribution in [2.45, 2.75) is 38.3 Å². The average molecular weight is 508 g/mol. The third-order valence-corrected chi connectivity index (χ3v) is 5.78. The Morgan fingerprint density at radius 2 is 1.71 bits per heavy atom. The van der Waals surface area contributed by atoms with Crippen LogP contribution < -0.4 is 5.32 Å². The maximum atomic E-state index is 12.7. The van der Waals surface area contributed by atoms with Gasteiger partial charge in [0.05, 0.1) is 28.8 Å². The van der Waals surface area contributed by atoms with Crippen molar-refractivity contribution >= 4 is 41.2 Å². The van der Waals surface area contributed by atoms with E-state index in [1.807, 2.05) is 36.4 Å². The van der Waals surface area contributed by atoms with Crippen LogP contribution in [-0.2, 0) is 19.0 Å². The van der Waals surface area contributed by atoms with Crippen LogP contribution in [0.3, 0.4) is 0 Å². The molecule has 0 saturated heterocycles. The van der Waals surface area contributed by atoms with Gasteiger partial charge in [0.25, 0.3) is 5.91 Å². The molecule has 0 aromatic heterocycles. The SMILES string of the molecule is CCC(OCCCOC)c1ccc(/C=C/CC(NC(=O)c2c(Cl)cccc2Cl)C(=O)OC)cc1. The fraction of sp³-hybridized carbons (Fsp3) is 0.385. The van der Waals surface area contributed by atoms with Crippen molar-refractivity contribution in [1.29, 1.82) is 0 Å². The number of methoxy groups -OCH3 is 2. The van der Waals surface area contributed by atoms with Crippen LogP contribution in [-0.4, -0.2) is 45.4 Å². The van der Waals surface area contributed by atoms with E-state index in [0.717, 1.165) is 24.0 Å². The molecule has 0 bridgehead atoms. The van der Waals surface area contributed by atoms with Gasteiger partial charge in [-0.2, -0.15) is 0 Å². The third-order valence-electron chi connectivity index (χ3n) is 5.15. The van der Waals surface area contributed by atoms with Gasteiger partial charge in [0, 0.05) is 20.3 Å². The van der Waals surface area contributed by atoms with E-state index >= 15 is 0 Å². The van der Waals surface area contributed by atoms with Gasteiger partial charge in [-0.05, 0) is 42.5 Å². The summed E-state index contributed by atoms with van der Waals surface area (Å²) in [7, 11) is 2.95. The second-order valence-corrected chi connectivity index (χ2v) is 8.38. The number of esters is 1. The van der Waals surface area contributed by atoms with Crippen LogP contribution in [0.5, 0.6) is 0 Å². The fourth-order valence-corrected chi connectivity index (χ4v) is 3.91. The lowest BCUT2D eigenvalue weighted by atomic mass is 10.0. The van der Waals surface area contributed by atoms with Crippen molar-refractivity contribution < 1.29 is 23.8 Å². The molecule has 0 radical (unpaired) electrons. The summed E-state index contributed by atoms with van der Waals surface area (Å²) in [6.07, 6.45) is 5.69. The van der Waals surface area contributed by atoms with Gasteiger partial charge in [-0.15, -0.1) is 0 Å². The molecular formula is C26H31Cl2NO5. The molecule has 1 amide bonds. The molecule has 0 spiro atoms. The minimum atomic E-state index is -0.884. The van der Waals surface area contributed by atoms with Crippen LogP contribution in [0.25, 0.3) is 6.08 Å². The topological polar surface area (TPSA) is 73.9 Å². The van der Waals surface area contributed by atoms with Gasteiger partial charge in [-0.25, -0.2) is 4.79 Å². The van der Waals surface area contributed by atoms with Gasteiger partial charge in [0.15, 0.2) is 0 Å². The molecule has 8 heteroatoms. The third kappa shape index (κ3) is 8.44. The molecule has 0 aliphatic rings. The Labute approximate surface area is 211 Å². The first-order valence-corrected chi connectivity index (χ1v) is 11.9. The Hall–Kier alpha value is -2.38. The van der Waals surface area contributed by atoms with Crippen molar-refractivity contribution in [2.24, 2.45) is 0 Å². The molecule has 0 aliphatic carbocycles. The summed E-state index contributed by atoms with van der Waals surface area (Å²) in [4.78, 5) is 24.9. The number of hydrogen-bond donors (Lipinski definition) is 1. The molecule has 184 valence electrons. The van der Waals surface area contributed by atoms with Crippen molar-refractivity contribution in [2.75, 3.05) is 27.4 Å². The second kappa shape index (κ2) is 14.8. The Kier molecular flexibility index (Phi) is 12.1. The lowest BCUT2D eigenvalue weighted by Crippen LogP contribution is -2.41. The number of rotatable bonds is 13. The number of carbonyl (C=O) groups is 2. The first kappa shape index (κ1) is 27.9. The number of nitrogens with one attached hydrogen (secondary N) is 1. The van der Waals surface area contributed by atoms with Gasteiger partial charge in [0.2, 0.25) is 0 Å². The van der Waals surface area contributed by atoms with Crippen molar-refractivity contribution in [1.82, 2.24) is 5.32 Å². The number of halogens is 2. The van der Waals surface area contributed by atoms with E-state index in [9.17, 15) is 9.59 Å². The van der Waals surface area contributed by atoms with Crippen LogP contribution in [0.15, 0.2) is 48.5 Å². The summed E-state index contributed by atoms with van der Waals surface area (Å²) in [5.74, 6) is -1.10. The molecule has 0 fully saturated rings. The summed E-state index contributed by atoms with van der Waals surface area (Å²) < 4.78 is 15.8. The normalized spacial score (nSPS) is 13.0. The zero-order chi connectivity index (χ0) is 24.9. The van der Waals surface area contributed by atoms with Crippen LogP contribution >= 0.6 is 23.2 Å². The highest BCUT2D eigenvalue weighted by Gasteiger charge is 2.23. The monoisotopic (exact) mass is 507 g/mol. The molecule has 1 N–H and O–H groups in total. The molecule has 34 heavy (non-hydrogen) atoms. The molecule has 2 atom stereocenters. The average Bonchev–Trinajstić information content (AvgIpc) is 2.83. The molecule has 2 unspecified atom stereocenters.